The van der Waals surface area contributed by atoms with Crippen LogP contribution in [0, 0.1) is 10.8 Å². The molecule has 7 aliphatic carbocycles. The highest BCUT2D eigenvalue weighted by Crippen LogP contribution is 2.71. The number of sulfonamides is 1. The number of halogens is 1. The van der Waals surface area contributed by atoms with E-state index in [0.717, 1.165) is 86.2 Å². The molecular formula is C33H38FN5O4S. The lowest BCUT2D eigenvalue weighted by Crippen LogP contribution is -2.65. The van der Waals surface area contributed by atoms with Gasteiger partial charge in [-0.15, -0.1) is 0 Å². The maximum absolute atomic E-state index is 14.4. The zero-order valence-electron chi connectivity index (χ0n) is 25.0. The highest BCUT2D eigenvalue weighted by atomic mass is 32.2. The van der Waals surface area contributed by atoms with Gasteiger partial charge in [-0.25, -0.2) is 17.8 Å². The topological polar surface area (TPSA) is 118 Å². The van der Waals surface area contributed by atoms with Crippen molar-refractivity contribution in [3.63, 3.8) is 0 Å². The molecule has 44 heavy (non-hydrogen) atoms. The number of amides is 1. The van der Waals surface area contributed by atoms with E-state index in [1.54, 1.807) is 12.3 Å². The fourth-order valence-corrected chi connectivity index (χ4v) is 9.07. The van der Waals surface area contributed by atoms with E-state index in [1.165, 1.54) is 0 Å². The van der Waals surface area contributed by atoms with Crippen molar-refractivity contribution in [1.29, 1.82) is 0 Å². The van der Waals surface area contributed by atoms with Crippen molar-refractivity contribution < 1.29 is 22.1 Å². The molecule has 7 aliphatic rings. The summed E-state index contributed by atoms with van der Waals surface area (Å²) in [6, 6.07) is 11.4. The van der Waals surface area contributed by atoms with Gasteiger partial charge in [0, 0.05) is 41.7 Å². The molecule has 1 N–H and O–H groups in total. The zero-order chi connectivity index (χ0) is 30.4. The van der Waals surface area contributed by atoms with Crippen LogP contribution in [0.1, 0.15) is 94.7 Å². The molecule has 0 atom stereocenters. The summed E-state index contributed by atoms with van der Waals surface area (Å²) in [6.07, 6.45) is 12.8. The van der Waals surface area contributed by atoms with Crippen LogP contribution >= 0.6 is 0 Å². The standard InChI is InChI=1S/C33H38FN5O4S/c1-44(41,42)38-26-8-7-24(17-35-26)23-3-2-4-25(15-23)39(27(40)16-31-18-33(34,19-31)20-31)21-30-9-12-32(13-10-30,14-11-30)29-36-28(37-43-29)22-5-6-22/h2-4,7-8,15,17,22H,5-6,9-14,16,18-21H2,1H3,(H,35,38). The second-order valence-electron chi connectivity index (χ2n) is 14.7. The predicted molar refractivity (Wildman–Crippen MR) is 163 cm³/mol. The van der Waals surface area contributed by atoms with Gasteiger partial charge in [0.05, 0.1) is 6.26 Å². The highest BCUT2D eigenvalue weighted by Gasteiger charge is 2.69. The third kappa shape index (κ3) is 5.01. The predicted octanol–water partition coefficient (Wildman–Crippen LogP) is 6.29. The summed E-state index contributed by atoms with van der Waals surface area (Å²) in [5, 5.41) is 4.30. The number of carbonyl (C=O) groups excluding carboxylic acids is 1. The van der Waals surface area contributed by atoms with E-state index < -0.39 is 15.7 Å². The van der Waals surface area contributed by atoms with Gasteiger partial charge in [0.2, 0.25) is 21.8 Å². The molecule has 11 heteroatoms. The van der Waals surface area contributed by atoms with Crippen molar-refractivity contribution in [3.05, 3.63) is 54.3 Å². The molecular weight excluding hydrogens is 581 g/mol. The van der Waals surface area contributed by atoms with Crippen molar-refractivity contribution in [2.24, 2.45) is 10.8 Å². The number of aromatic nitrogens is 3. The lowest BCUT2D eigenvalue weighted by molar-refractivity contribution is -0.215. The molecule has 0 radical (unpaired) electrons. The number of nitrogens with zero attached hydrogens (tertiary/aromatic N) is 4. The van der Waals surface area contributed by atoms with Crippen LogP contribution in [-0.2, 0) is 20.2 Å². The molecule has 2 aromatic heterocycles. The highest BCUT2D eigenvalue weighted by molar-refractivity contribution is 7.92. The van der Waals surface area contributed by atoms with Gasteiger partial charge < -0.3 is 9.42 Å². The Hall–Kier alpha value is -3.34. The van der Waals surface area contributed by atoms with E-state index in [4.69, 9.17) is 9.51 Å². The van der Waals surface area contributed by atoms with E-state index in [0.29, 0.717) is 38.1 Å². The molecule has 0 spiro atoms. The number of rotatable bonds is 10. The van der Waals surface area contributed by atoms with Crippen LogP contribution in [0.25, 0.3) is 11.1 Å². The minimum absolute atomic E-state index is 0.00795. The number of fused-ring (bicyclic) bond motifs is 3. The Morgan fingerprint density at radius 1 is 1.02 bits per heavy atom. The van der Waals surface area contributed by atoms with Crippen LogP contribution in [0.5, 0.6) is 0 Å². The summed E-state index contributed by atoms with van der Waals surface area (Å²) in [6.45, 7) is 0.634. The van der Waals surface area contributed by atoms with E-state index in [-0.39, 0.29) is 28.0 Å². The van der Waals surface area contributed by atoms with E-state index in [9.17, 15) is 17.6 Å². The zero-order valence-corrected chi connectivity index (χ0v) is 25.8. The largest absolute Gasteiger partial charge is 0.339 e. The normalized spacial score (nSPS) is 32.0. The minimum atomic E-state index is -3.43. The fraction of sp³-hybridized carbons (Fsp3) is 0.576. The molecule has 9 nitrogen and oxygen atoms in total. The van der Waals surface area contributed by atoms with Crippen LogP contribution in [-0.4, -0.2) is 47.9 Å². The van der Waals surface area contributed by atoms with Gasteiger partial charge in [0.1, 0.15) is 11.5 Å². The average Bonchev–Trinajstić information content (AvgIpc) is 3.70. The first-order valence-corrected chi connectivity index (χ1v) is 17.7. The summed E-state index contributed by atoms with van der Waals surface area (Å²) >= 11 is 0. The van der Waals surface area contributed by atoms with Crippen molar-refractivity contribution in [3.8, 4) is 11.1 Å². The Morgan fingerprint density at radius 3 is 2.36 bits per heavy atom. The number of hydrogen-bond donors (Lipinski definition) is 1. The number of alkyl halides is 1. The average molecular weight is 620 g/mol. The molecule has 0 unspecified atom stereocenters. The van der Waals surface area contributed by atoms with Gasteiger partial charge in [-0.1, -0.05) is 17.3 Å². The number of hydrogen-bond acceptors (Lipinski definition) is 7. The number of pyridine rings is 1. The lowest BCUT2D eigenvalue weighted by atomic mass is 9.41. The number of carbonyl (C=O) groups is 1. The molecule has 232 valence electrons. The summed E-state index contributed by atoms with van der Waals surface area (Å²) < 4.78 is 45.8. The van der Waals surface area contributed by atoms with Crippen LogP contribution in [0.4, 0.5) is 15.9 Å². The van der Waals surface area contributed by atoms with Crippen LogP contribution in [0.15, 0.2) is 47.1 Å². The molecule has 10 rings (SSSR count). The Bertz CT molecular complexity index is 1690. The van der Waals surface area contributed by atoms with Crippen molar-refractivity contribution >= 4 is 27.4 Å². The van der Waals surface area contributed by atoms with Gasteiger partial charge in [-0.05, 0) is 111 Å². The van der Waals surface area contributed by atoms with E-state index in [1.807, 2.05) is 35.2 Å². The molecule has 7 fully saturated rings. The first-order chi connectivity index (χ1) is 20.9. The third-order valence-corrected chi connectivity index (χ3v) is 11.8. The molecule has 7 saturated carbocycles. The maximum atomic E-state index is 14.4. The van der Waals surface area contributed by atoms with Crippen LogP contribution in [0.3, 0.4) is 0 Å². The van der Waals surface area contributed by atoms with Gasteiger partial charge in [0.15, 0.2) is 5.82 Å². The quantitative estimate of drug-likeness (QED) is 0.283. The molecule has 4 bridgehead atoms. The first-order valence-electron chi connectivity index (χ1n) is 15.8. The van der Waals surface area contributed by atoms with Gasteiger partial charge in [-0.3, -0.25) is 9.52 Å². The monoisotopic (exact) mass is 619 g/mol. The summed E-state index contributed by atoms with van der Waals surface area (Å²) in [5.74, 6) is 2.47. The Balaban J connectivity index is 1.04. The lowest BCUT2D eigenvalue weighted by Gasteiger charge is -2.66. The Morgan fingerprint density at radius 2 is 1.75 bits per heavy atom. The summed E-state index contributed by atoms with van der Waals surface area (Å²) in [5.41, 5.74) is 1.27. The van der Waals surface area contributed by atoms with Gasteiger partial charge >= 0.3 is 0 Å². The summed E-state index contributed by atoms with van der Waals surface area (Å²) in [4.78, 5) is 25.2. The molecule has 1 aromatic carbocycles. The minimum Gasteiger partial charge on any atom is -0.339 e. The van der Waals surface area contributed by atoms with Gasteiger partial charge in [-0.2, -0.15) is 4.98 Å². The maximum Gasteiger partial charge on any atom is 0.232 e. The Labute approximate surface area is 257 Å². The molecule has 0 aliphatic heterocycles. The number of anilines is 2. The fourth-order valence-electron chi connectivity index (χ4n) is 8.57. The van der Waals surface area contributed by atoms with Crippen LogP contribution in [0.2, 0.25) is 0 Å². The number of benzene rings is 1. The third-order valence-electron chi connectivity index (χ3n) is 11.2. The SMILES string of the molecule is CS(=O)(=O)Nc1ccc(-c2cccc(N(CC34CCC(c5nc(C6CC6)no5)(CC3)CC4)C(=O)CC34CC(F)(C3)C4)c2)cn1. The number of nitrogens with one attached hydrogen (secondary N) is 1. The molecule has 2 heterocycles. The van der Waals surface area contributed by atoms with E-state index >= 15 is 0 Å². The van der Waals surface area contributed by atoms with Crippen LogP contribution < -0.4 is 9.62 Å². The van der Waals surface area contributed by atoms with Crippen molar-refractivity contribution in [1.82, 2.24) is 15.1 Å². The molecule has 3 aromatic rings. The first kappa shape index (κ1) is 28.2. The van der Waals surface area contributed by atoms with Crippen molar-refractivity contribution in [2.45, 2.75) is 94.1 Å². The molecule has 0 saturated heterocycles. The van der Waals surface area contributed by atoms with Crippen molar-refractivity contribution in [2.75, 3.05) is 22.4 Å². The molecule has 1 amide bonds. The van der Waals surface area contributed by atoms with Gasteiger partial charge in [0.25, 0.3) is 0 Å². The Kier molecular flexibility index (Phi) is 6.13. The second kappa shape index (κ2) is 9.58. The smallest absolute Gasteiger partial charge is 0.232 e. The van der Waals surface area contributed by atoms with E-state index in [2.05, 4.69) is 14.9 Å². The summed E-state index contributed by atoms with van der Waals surface area (Å²) in [7, 11) is -3.43. The second-order valence-corrected chi connectivity index (χ2v) is 16.5.